The number of rotatable bonds is 10. The molecule has 0 saturated heterocycles. The van der Waals surface area contributed by atoms with Crippen molar-refractivity contribution < 1.29 is 32.2 Å². The molecule has 38 heavy (non-hydrogen) atoms. The smallest absolute Gasteiger partial charge is 0.416 e. The zero-order valence-corrected chi connectivity index (χ0v) is 22.9. The third kappa shape index (κ3) is 10.1. The largest absolute Gasteiger partial charge is 0.465 e. The summed E-state index contributed by atoms with van der Waals surface area (Å²) in [6.45, 7) is -0.315. The molecule has 3 aromatic carbocycles. The van der Waals surface area contributed by atoms with Crippen LogP contribution < -0.4 is 0 Å². The maximum atomic E-state index is 12.7. The lowest BCUT2D eigenvalue weighted by atomic mass is 10.1. The number of benzene rings is 3. The quantitative estimate of drug-likeness (QED) is 0.134. The number of hydrogen-bond acceptors (Lipinski definition) is 5. The number of alkyl halides is 6. The summed E-state index contributed by atoms with van der Waals surface area (Å²) in [7, 11) is 0. The van der Waals surface area contributed by atoms with Crippen molar-refractivity contribution in [2.24, 2.45) is 0 Å². The van der Waals surface area contributed by atoms with Crippen LogP contribution in [0.2, 0.25) is 0 Å². The van der Waals surface area contributed by atoms with Crippen LogP contribution in [0.1, 0.15) is 32.6 Å². The van der Waals surface area contributed by atoms with Crippen LogP contribution in [0.4, 0.5) is 13.2 Å². The highest BCUT2D eigenvalue weighted by Gasteiger charge is 2.30. The number of esters is 2. The van der Waals surface area contributed by atoms with Crippen LogP contribution in [0, 0.1) is 0 Å². The Morgan fingerprint density at radius 2 is 1.55 bits per heavy atom. The maximum Gasteiger partial charge on any atom is 0.416 e. The highest BCUT2D eigenvalue weighted by molar-refractivity contribution is 7.98. The molecule has 0 fully saturated rings. The molecule has 4 nitrogen and oxygen atoms in total. The van der Waals surface area contributed by atoms with Gasteiger partial charge in [0.15, 0.2) is 0 Å². The van der Waals surface area contributed by atoms with Gasteiger partial charge >= 0.3 is 18.1 Å². The van der Waals surface area contributed by atoms with Gasteiger partial charge in [-0.2, -0.15) is 13.2 Å². The van der Waals surface area contributed by atoms with Crippen LogP contribution in [0.25, 0.3) is 0 Å². The van der Waals surface area contributed by atoms with Crippen LogP contribution in [-0.4, -0.2) is 28.9 Å². The molecule has 0 spiro atoms. The summed E-state index contributed by atoms with van der Waals surface area (Å²) in [6.07, 6.45) is -4.04. The predicted octanol–water partition coefficient (Wildman–Crippen LogP) is 7.85. The lowest BCUT2D eigenvalue weighted by Gasteiger charge is -2.13. The van der Waals surface area contributed by atoms with E-state index < -0.39 is 27.5 Å². The minimum atomic E-state index is -4.39. The fourth-order valence-electron chi connectivity index (χ4n) is 3.34. The zero-order chi connectivity index (χ0) is 27.8. The second kappa shape index (κ2) is 13.6. The van der Waals surface area contributed by atoms with E-state index in [0.717, 1.165) is 28.2 Å². The number of carbonyl (C=O) groups is 2. The molecular weight excluding hydrogens is 584 g/mol. The van der Waals surface area contributed by atoms with E-state index in [1.54, 1.807) is 30.3 Å². The predicted molar refractivity (Wildman–Crippen MR) is 143 cm³/mol. The molecule has 0 aliphatic carbocycles. The van der Waals surface area contributed by atoms with Gasteiger partial charge in [-0.3, -0.25) is 4.79 Å². The number of carbonyl (C=O) groups excluding carboxylic acids is 2. The molecule has 0 radical (unpaired) electrons. The first-order valence-electron chi connectivity index (χ1n) is 11.3. The monoisotopic (exact) mass is 604 g/mol. The van der Waals surface area contributed by atoms with Gasteiger partial charge in [-0.1, -0.05) is 77.3 Å². The summed E-state index contributed by atoms with van der Waals surface area (Å²) < 4.78 is 46.6. The third-order valence-corrected chi connectivity index (χ3v) is 6.55. The van der Waals surface area contributed by atoms with Gasteiger partial charge in [0.1, 0.15) is 6.61 Å². The first-order valence-corrected chi connectivity index (χ1v) is 13.4. The van der Waals surface area contributed by atoms with E-state index in [-0.39, 0.29) is 19.6 Å². The Labute approximate surface area is 237 Å². The second-order valence-electron chi connectivity index (χ2n) is 8.13. The van der Waals surface area contributed by atoms with Crippen LogP contribution in [-0.2, 0) is 39.0 Å². The average Bonchev–Trinajstić information content (AvgIpc) is 2.86. The van der Waals surface area contributed by atoms with E-state index in [1.807, 2.05) is 18.2 Å². The number of hydrogen-bond donors (Lipinski definition) is 0. The average molecular weight is 606 g/mol. The molecule has 3 aromatic rings. The minimum absolute atomic E-state index is 0.0430. The number of halogens is 6. The summed E-state index contributed by atoms with van der Waals surface area (Å²) in [5.74, 6) is -0.582. The summed E-state index contributed by atoms with van der Waals surface area (Å²) in [5, 5.41) is 0. The van der Waals surface area contributed by atoms with E-state index in [2.05, 4.69) is 0 Å². The second-order valence-corrected chi connectivity index (χ2v) is 11.7. The lowest BCUT2D eigenvalue weighted by molar-refractivity contribution is -0.142. The van der Waals surface area contributed by atoms with Crippen molar-refractivity contribution in [3.63, 3.8) is 0 Å². The lowest BCUT2D eigenvalue weighted by Crippen LogP contribution is -2.18. The van der Waals surface area contributed by atoms with E-state index in [1.165, 1.54) is 23.9 Å². The van der Waals surface area contributed by atoms with Crippen molar-refractivity contribution in [1.82, 2.24) is 0 Å². The highest BCUT2D eigenvalue weighted by Crippen LogP contribution is 2.30. The third-order valence-electron chi connectivity index (χ3n) is 5.18. The molecule has 0 bridgehead atoms. The fraction of sp³-hybridized carbons (Fsp3) is 0.259. The molecule has 0 unspecified atom stereocenters. The van der Waals surface area contributed by atoms with Crippen LogP contribution >= 0.6 is 46.6 Å². The normalized spacial score (nSPS) is 11.7. The van der Waals surface area contributed by atoms with Gasteiger partial charge < -0.3 is 9.47 Å². The molecule has 0 amide bonds. The van der Waals surface area contributed by atoms with Crippen molar-refractivity contribution >= 4 is 58.5 Å². The molecule has 0 aliphatic heterocycles. The molecule has 3 rings (SSSR count). The maximum absolute atomic E-state index is 12.7. The Morgan fingerprint density at radius 1 is 0.842 bits per heavy atom. The van der Waals surface area contributed by atoms with Crippen molar-refractivity contribution in [3.8, 4) is 0 Å². The molecule has 0 atom stereocenters. The van der Waals surface area contributed by atoms with Gasteiger partial charge in [-0.15, -0.1) is 11.8 Å². The Balaban J connectivity index is 1.50. The van der Waals surface area contributed by atoms with Gasteiger partial charge in [0.05, 0.1) is 24.2 Å². The first-order chi connectivity index (χ1) is 17.9. The van der Waals surface area contributed by atoms with Crippen molar-refractivity contribution in [2.45, 2.75) is 33.5 Å². The molecule has 11 heteroatoms. The molecule has 0 N–H and O–H groups in total. The van der Waals surface area contributed by atoms with Crippen molar-refractivity contribution in [1.29, 1.82) is 0 Å². The SMILES string of the molecule is O=C(Cc1cccc(SCc2ccccc2C(=O)OCC(Cl)(Cl)Cl)c1)OCCc1ccc(C(F)(F)F)cc1. The summed E-state index contributed by atoms with van der Waals surface area (Å²) in [4.78, 5) is 25.6. The zero-order valence-electron chi connectivity index (χ0n) is 19.8. The van der Waals surface area contributed by atoms with Crippen LogP contribution in [0.15, 0.2) is 77.7 Å². The summed E-state index contributed by atoms with van der Waals surface area (Å²) in [5.41, 5.74) is 1.76. The Bertz CT molecular complexity index is 1250. The van der Waals surface area contributed by atoms with Gasteiger partial charge in [-0.25, -0.2) is 4.79 Å². The number of thioether (sulfide) groups is 1. The molecule has 202 valence electrons. The van der Waals surface area contributed by atoms with Gasteiger partial charge in [-0.05, 0) is 47.0 Å². The molecular formula is C27H22Cl3F3O4S. The summed E-state index contributed by atoms with van der Waals surface area (Å²) >= 11 is 18.4. The highest BCUT2D eigenvalue weighted by atomic mass is 35.6. The topological polar surface area (TPSA) is 52.6 Å². The number of ether oxygens (including phenoxy) is 2. The molecule has 0 aromatic heterocycles. The van der Waals surface area contributed by atoms with E-state index >= 15 is 0 Å². The van der Waals surface area contributed by atoms with Crippen molar-refractivity contribution in [3.05, 3.63) is 101 Å². The summed E-state index contributed by atoms with van der Waals surface area (Å²) in [6, 6.07) is 19.0. The van der Waals surface area contributed by atoms with Crippen LogP contribution in [0.3, 0.4) is 0 Å². The van der Waals surface area contributed by atoms with Crippen molar-refractivity contribution in [2.75, 3.05) is 13.2 Å². The Kier molecular flexibility index (Phi) is 10.8. The van der Waals surface area contributed by atoms with E-state index in [9.17, 15) is 22.8 Å². The fourth-order valence-corrected chi connectivity index (χ4v) is 4.48. The molecule has 0 heterocycles. The van der Waals surface area contributed by atoms with E-state index in [0.29, 0.717) is 23.3 Å². The first kappa shape index (κ1) is 30.2. The standard InChI is InChI=1S/C27H22Cl3F3O4S/c28-26(29,30)17-37-25(35)23-7-2-1-5-20(23)16-38-22-6-3-4-19(14-22)15-24(34)36-13-12-18-8-10-21(11-9-18)27(31,32)33/h1-11,14H,12-13,15-17H2. The molecule has 0 saturated carbocycles. The van der Waals surface area contributed by atoms with E-state index in [4.69, 9.17) is 44.3 Å². The Hall–Kier alpha value is -2.39. The van der Waals surface area contributed by atoms with Crippen LogP contribution in [0.5, 0.6) is 0 Å². The van der Waals surface area contributed by atoms with Gasteiger partial charge in [0.2, 0.25) is 3.79 Å². The van der Waals surface area contributed by atoms with Gasteiger partial charge in [0, 0.05) is 17.1 Å². The molecule has 0 aliphatic rings. The Morgan fingerprint density at radius 3 is 2.24 bits per heavy atom. The minimum Gasteiger partial charge on any atom is -0.465 e. The van der Waals surface area contributed by atoms with Gasteiger partial charge in [0.25, 0.3) is 0 Å².